The first kappa shape index (κ1) is 19.6. The predicted octanol–water partition coefficient (Wildman–Crippen LogP) is 2.91. The summed E-state index contributed by atoms with van der Waals surface area (Å²) in [7, 11) is 0. The molecule has 2 heterocycles. The van der Waals surface area contributed by atoms with E-state index < -0.39 is 29.6 Å². The number of anilines is 1. The molecule has 1 atom stereocenters. The van der Waals surface area contributed by atoms with Crippen molar-refractivity contribution in [2.24, 2.45) is 0 Å². The monoisotopic (exact) mass is 418 g/mol. The summed E-state index contributed by atoms with van der Waals surface area (Å²) < 4.78 is 5.41. The van der Waals surface area contributed by atoms with Gasteiger partial charge in [0.2, 0.25) is 5.91 Å². The molecule has 1 aromatic carbocycles. The van der Waals surface area contributed by atoms with Crippen LogP contribution in [0.5, 0.6) is 5.75 Å². The molecule has 2 aromatic rings. The molecule has 0 unspecified atom stereocenters. The summed E-state index contributed by atoms with van der Waals surface area (Å²) in [6.07, 6.45) is 3.02. The summed E-state index contributed by atoms with van der Waals surface area (Å²) in [5.41, 5.74) is -0.180. The number of aromatic carboxylic acids is 1. The first-order chi connectivity index (χ1) is 13.3. The lowest BCUT2D eigenvalue weighted by Gasteiger charge is -2.22. The highest BCUT2D eigenvalue weighted by Crippen LogP contribution is 2.34. The van der Waals surface area contributed by atoms with E-state index in [1.165, 1.54) is 24.2 Å². The zero-order chi connectivity index (χ0) is 20.4. The molecular weight excluding hydrogens is 404 g/mol. The molecule has 8 nitrogen and oxygen atoms in total. The van der Waals surface area contributed by atoms with Crippen LogP contribution >= 0.6 is 24.0 Å². The Kier molecular flexibility index (Phi) is 5.52. The predicted molar refractivity (Wildman–Crippen MR) is 107 cm³/mol. The van der Waals surface area contributed by atoms with Crippen LogP contribution in [0.2, 0.25) is 0 Å². The number of thiocarbonyl (C=S) groups is 1. The van der Waals surface area contributed by atoms with Crippen molar-refractivity contribution in [2.45, 2.75) is 13.0 Å². The summed E-state index contributed by atoms with van der Waals surface area (Å²) in [5, 5.41) is 21.1. The Morgan fingerprint density at radius 2 is 2.11 bits per heavy atom. The minimum atomic E-state index is -1.33. The maximum absolute atomic E-state index is 12.6. The van der Waals surface area contributed by atoms with E-state index in [-0.39, 0.29) is 15.6 Å². The molecule has 1 aliphatic heterocycles. The van der Waals surface area contributed by atoms with E-state index in [0.29, 0.717) is 10.7 Å². The fourth-order valence-electron chi connectivity index (χ4n) is 2.47. The summed E-state index contributed by atoms with van der Waals surface area (Å²) >= 11 is 6.29. The zero-order valence-corrected chi connectivity index (χ0v) is 16.0. The lowest BCUT2D eigenvalue weighted by molar-refractivity contribution is -0.129. The van der Waals surface area contributed by atoms with Gasteiger partial charge >= 0.3 is 5.97 Å². The van der Waals surface area contributed by atoms with E-state index in [4.69, 9.17) is 21.7 Å². The number of aromatic hydroxyl groups is 1. The van der Waals surface area contributed by atoms with Gasteiger partial charge in [0, 0.05) is 11.8 Å². The first-order valence-corrected chi connectivity index (χ1v) is 9.18. The fraction of sp³-hybridized carbons (Fsp3) is 0.111. The van der Waals surface area contributed by atoms with Gasteiger partial charge in [-0.05, 0) is 37.3 Å². The Morgan fingerprint density at radius 1 is 1.36 bits per heavy atom. The van der Waals surface area contributed by atoms with E-state index in [9.17, 15) is 19.5 Å². The van der Waals surface area contributed by atoms with Crippen molar-refractivity contribution in [2.75, 3.05) is 5.32 Å². The van der Waals surface area contributed by atoms with Crippen molar-refractivity contribution in [1.29, 1.82) is 0 Å². The SMILES string of the molecule is C[C@H](C(=O)Nc1ccc(O)c(C(=O)O)c1)N1C(=O)/C(=C/c2ccco2)SC1=S. The van der Waals surface area contributed by atoms with Gasteiger partial charge in [0.05, 0.1) is 11.2 Å². The molecule has 1 saturated heterocycles. The van der Waals surface area contributed by atoms with Crippen molar-refractivity contribution < 1.29 is 29.0 Å². The molecule has 3 N–H and O–H groups in total. The van der Waals surface area contributed by atoms with Crippen LogP contribution in [0.1, 0.15) is 23.0 Å². The number of carbonyl (C=O) groups excluding carboxylic acids is 2. The highest BCUT2D eigenvalue weighted by atomic mass is 32.2. The Morgan fingerprint density at radius 3 is 2.75 bits per heavy atom. The number of carboxylic acid groups (broad SMARTS) is 1. The van der Waals surface area contributed by atoms with Gasteiger partial charge in [-0.1, -0.05) is 24.0 Å². The fourth-order valence-corrected chi connectivity index (χ4v) is 3.86. The summed E-state index contributed by atoms with van der Waals surface area (Å²) in [4.78, 5) is 37.8. The number of hydrogen-bond acceptors (Lipinski definition) is 7. The van der Waals surface area contributed by atoms with Crippen molar-refractivity contribution in [1.82, 2.24) is 4.90 Å². The van der Waals surface area contributed by atoms with Crippen molar-refractivity contribution in [3.8, 4) is 5.75 Å². The second-order valence-electron chi connectivity index (χ2n) is 5.77. The molecule has 2 amide bonds. The lowest BCUT2D eigenvalue weighted by atomic mass is 10.1. The number of hydrogen-bond donors (Lipinski definition) is 3. The average molecular weight is 418 g/mol. The minimum absolute atomic E-state index is 0.170. The number of thioether (sulfide) groups is 1. The van der Waals surface area contributed by atoms with E-state index in [2.05, 4.69) is 5.32 Å². The molecule has 3 rings (SSSR count). The molecule has 28 heavy (non-hydrogen) atoms. The molecule has 10 heteroatoms. The average Bonchev–Trinajstić information content (AvgIpc) is 3.24. The normalized spacial score (nSPS) is 16.5. The van der Waals surface area contributed by atoms with Gasteiger partial charge < -0.3 is 19.9 Å². The standard InChI is InChI=1S/C18H14N2O6S2/c1-9(15(22)19-10-4-5-13(21)12(7-10)17(24)25)20-16(23)14(28-18(20)27)8-11-3-2-6-26-11/h2-9,21H,1H3,(H,19,22)(H,24,25)/b14-8-/t9-/m1/s1. The molecule has 0 bridgehead atoms. The van der Waals surface area contributed by atoms with Crippen LogP contribution in [0, 0.1) is 0 Å². The number of nitrogens with zero attached hydrogens (tertiary/aromatic N) is 1. The topological polar surface area (TPSA) is 120 Å². The van der Waals surface area contributed by atoms with Crippen LogP contribution in [-0.4, -0.2) is 43.3 Å². The van der Waals surface area contributed by atoms with Gasteiger partial charge in [0.1, 0.15) is 27.4 Å². The molecule has 0 saturated carbocycles. The highest BCUT2D eigenvalue weighted by molar-refractivity contribution is 8.26. The van der Waals surface area contributed by atoms with Gasteiger partial charge in [-0.15, -0.1) is 0 Å². The zero-order valence-electron chi connectivity index (χ0n) is 14.4. The maximum atomic E-state index is 12.6. The third kappa shape index (κ3) is 3.92. The van der Waals surface area contributed by atoms with Crippen LogP contribution in [-0.2, 0) is 9.59 Å². The minimum Gasteiger partial charge on any atom is -0.507 e. The number of furan rings is 1. The quantitative estimate of drug-likeness (QED) is 0.385. The number of nitrogens with one attached hydrogen (secondary N) is 1. The van der Waals surface area contributed by atoms with E-state index in [0.717, 1.165) is 23.9 Å². The van der Waals surface area contributed by atoms with Gasteiger partial charge in [0.25, 0.3) is 5.91 Å². The number of benzene rings is 1. The second kappa shape index (κ2) is 7.87. The number of rotatable bonds is 5. The van der Waals surface area contributed by atoms with Gasteiger partial charge in [-0.2, -0.15) is 0 Å². The Labute approximate surface area is 168 Å². The Balaban J connectivity index is 1.76. The van der Waals surface area contributed by atoms with Gasteiger partial charge in [-0.3, -0.25) is 14.5 Å². The van der Waals surface area contributed by atoms with Crippen LogP contribution in [0.25, 0.3) is 6.08 Å². The molecule has 0 spiro atoms. The van der Waals surface area contributed by atoms with E-state index >= 15 is 0 Å². The van der Waals surface area contributed by atoms with Crippen LogP contribution in [0.4, 0.5) is 5.69 Å². The largest absolute Gasteiger partial charge is 0.507 e. The smallest absolute Gasteiger partial charge is 0.339 e. The molecule has 0 aliphatic carbocycles. The third-order valence-corrected chi connectivity index (χ3v) is 5.23. The number of phenols is 1. The molecule has 1 aromatic heterocycles. The Hall–Kier alpha value is -3.11. The Bertz CT molecular complexity index is 1000. The molecule has 1 aliphatic rings. The summed E-state index contributed by atoms with van der Waals surface area (Å²) in [6.45, 7) is 1.51. The van der Waals surface area contributed by atoms with Crippen molar-refractivity contribution in [3.05, 3.63) is 52.8 Å². The van der Waals surface area contributed by atoms with Crippen LogP contribution < -0.4 is 5.32 Å². The van der Waals surface area contributed by atoms with Crippen molar-refractivity contribution >= 4 is 57.8 Å². The molecular formula is C18H14N2O6S2. The summed E-state index contributed by atoms with van der Waals surface area (Å²) in [6, 6.07) is 6.09. The highest BCUT2D eigenvalue weighted by Gasteiger charge is 2.38. The second-order valence-corrected chi connectivity index (χ2v) is 7.45. The molecule has 144 valence electrons. The molecule has 1 fully saturated rings. The van der Waals surface area contributed by atoms with E-state index in [1.54, 1.807) is 18.2 Å². The number of carboxylic acids is 1. The van der Waals surface area contributed by atoms with Crippen LogP contribution in [0.15, 0.2) is 45.9 Å². The van der Waals surface area contributed by atoms with Gasteiger partial charge in [-0.25, -0.2) is 4.79 Å². The van der Waals surface area contributed by atoms with Gasteiger partial charge in [0.15, 0.2) is 0 Å². The maximum Gasteiger partial charge on any atom is 0.339 e. The summed E-state index contributed by atoms with van der Waals surface area (Å²) in [5.74, 6) is -2.24. The first-order valence-electron chi connectivity index (χ1n) is 7.95. The van der Waals surface area contributed by atoms with E-state index in [1.807, 2.05) is 0 Å². The lowest BCUT2D eigenvalue weighted by Crippen LogP contribution is -2.44. The number of carbonyl (C=O) groups is 3. The van der Waals surface area contributed by atoms with Crippen molar-refractivity contribution in [3.63, 3.8) is 0 Å². The number of amides is 2. The molecule has 0 radical (unpaired) electrons. The third-order valence-electron chi connectivity index (χ3n) is 3.90. The van der Waals surface area contributed by atoms with Crippen LogP contribution in [0.3, 0.4) is 0 Å².